The SMILES string of the molecule is CSCCC(NC(=O)C(CC(=O)O)NC(=O)C(N)CO)C(=O)NC(Cc1ccc(O)cc1)C(=O)O. The van der Waals surface area contributed by atoms with Gasteiger partial charge in [0, 0.05) is 6.42 Å². The standard InChI is InChI=1S/C21H30N4O9S/c1-35-7-6-14(23-20(32)15(9-17(28)29)24-18(30)13(22)10-26)19(31)25-16(21(33)34)8-11-2-4-12(27)5-3-11/h2-5,13-16,26-27H,6-10,22H2,1H3,(H,23,32)(H,24,30)(H,25,31)(H,28,29)(H,33,34). The van der Waals surface area contributed by atoms with E-state index >= 15 is 0 Å². The minimum atomic E-state index is -1.59. The maximum atomic E-state index is 12.9. The Labute approximate surface area is 205 Å². The summed E-state index contributed by atoms with van der Waals surface area (Å²) in [6.45, 7) is -0.733. The van der Waals surface area contributed by atoms with Crippen molar-refractivity contribution in [2.75, 3.05) is 18.6 Å². The molecular formula is C21H30N4O9S. The van der Waals surface area contributed by atoms with Gasteiger partial charge in [0.2, 0.25) is 17.7 Å². The Morgan fingerprint density at radius 3 is 1.97 bits per heavy atom. The predicted octanol–water partition coefficient (Wildman–Crippen LogP) is -1.98. The quantitative estimate of drug-likeness (QED) is 0.128. The van der Waals surface area contributed by atoms with Crippen molar-refractivity contribution >= 4 is 41.4 Å². The minimum Gasteiger partial charge on any atom is -0.508 e. The first-order valence-electron chi connectivity index (χ1n) is 10.5. The highest BCUT2D eigenvalue weighted by atomic mass is 32.2. The van der Waals surface area contributed by atoms with E-state index in [1.54, 1.807) is 6.26 Å². The summed E-state index contributed by atoms with van der Waals surface area (Å²) in [5.41, 5.74) is 5.92. The molecule has 1 rings (SSSR count). The summed E-state index contributed by atoms with van der Waals surface area (Å²) in [5, 5.41) is 43.8. The number of aliphatic carboxylic acids is 2. The molecule has 0 spiro atoms. The van der Waals surface area contributed by atoms with Gasteiger partial charge in [0.1, 0.15) is 29.9 Å². The van der Waals surface area contributed by atoms with Crippen LogP contribution in [0.4, 0.5) is 0 Å². The van der Waals surface area contributed by atoms with Crippen molar-refractivity contribution in [3.8, 4) is 5.75 Å². The number of aromatic hydroxyl groups is 1. The van der Waals surface area contributed by atoms with Crippen LogP contribution in [0, 0.1) is 0 Å². The number of phenols is 1. The van der Waals surface area contributed by atoms with Crippen molar-refractivity contribution < 1.29 is 44.4 Å². The number of phenolic OH excluding ortho intramolecular Hbond substituents is 1. The van der Waals surface area contributed by atoms with Crippen molar-refractivity contribution in [2.45, 2.75) is 43.4 Å². The minimum absolute atomic E-state index is 0.00699. The largest absolute Gasteiger partial charge is 0.508 e. The third-order valence-corrected chi connectivity index (χ3v) is 5.42. The zero-order chi connectivity index (χ0) is 26.5. The summed E-state index contributed by atoms with van der Waals surface area (Å²) >= 11 is 1.36. The molecule has 0 radical (unpaired) electrons. The molecule has 0 saturated carbocycles. The molecule has 1 aromatic carbocycles. The van der Waals surface area contributed by atoms with E-state index in [2.05, 4.69) is 16.0 Å². The second-order valence-electron chi connectivity index (χ2n) is 7.56. The highest BCUT2D eigenvalue weighted by Gasteiger charge is 2.31. The number of nitrogens with two attached hydrogens (primary N) is 1. The predicted molar refractivity (Wildman–Crippen MR) is 126 cm³/mol. The molecule has 3 amide bonds. The van der Waals surface area contributed by atoms with Gasteiger partial charge in [-0.2, -0.15) is 11.8 Å². The summed E-state index contributed by atoms with van der Waals surface area (Å²) in [4.78, 5) is 60.4. The summed E-state index contributed by atoms with van der Waals surface area (Å²) in [6.07, 6.45) is 0.937. The van der Waals surface area contributed by atoms with E-state index in [-0.39, 0.29) is 18.6 Å². The highest BCUT2D eigenvalue weighted by molar-refractivity contribution is 7.98. The van der Waals surface area contributed by atoms with Crippen LogP contribution in [0.2, 0.25) is 0 Å². The Balaban J connectivity index is 2.99. The number of nitrogens with one attached hydrogen (secondary N) is 3. The number of carboxylic acids is 2. The van der Waals surface area contributed by atoms with E-state index in [0.29, 0.717) is 11.3 Å². The number of hydrogen-bond acceptors (Lipinski definition) is 9. The maximum absolute atomic E-state index is 12.9. The van der Waals surface area contributed by atoms with Crippen LogP contribution in [0.3, 0.4) is 0 Å². The Kier molecular flexibility index (Phi) is 12.6. The first-order chi connectivity index (χ1) is 16.5. The fourth-order valence-electron chi connectivity index (χ4n) is 2.86. The molecule has 1 aromatic rings. The lowest BCUT2D eigenvalue weighted by Gasteiger charge is -2.24. The average Bonchev–Trinajstić information content (AvgIpc) is 2.80. The van der Waals surface area contributed by atoms with Gasteiger partial charge in [0.15, 0.2) is 0 Å². The summed E-state index contributed by atoms with van der Waals surface area (Å²) in [5.74, 6) is -5.10. The van der Waals surface area contributed by atoms with Gasteiger partial charge in [-0.1, -0.05) is 12.1 Å². The van der Waals surface area contributed by atoms with Crippen molar-refractivity contribution in [1.82, 2.24) is 16.0 Å². The second kappa shape index (κ2) is 14.8. The number of carboxylic acid groups (broad SMARTS) is 2. The number of carbonyl (C=O) groups excluding carboxylic acids is 3. The van der Waals surface area contributed by atoms with E-state index in [1.807, 2.05) is 0 Å². The smallest absolute Gasteiger partial charge is 0.326 e. The fourth-order valence-corrected chi connectivity index (χ4v) is 3.33. The van der Waals surface area contributed by atoms with E-state index < -0.39 is 66.9 Å². The molecule has 4 atom stereocenters. The third kappa shape index (κ3) is 10.6. The molecule has 0 fully saturated rings. The van der Waals surface area contributed by atoms with Gasteiger partial charge < -0.3 is 42.1 Å². The number of rotatable bonds is 15. The third-order valence-electron chi connectivity index (χ3n) is 4.78. The molecule has 0 heterocycles. The van der Waals surface area contributed by atoms with Crippen LogP contribution in [-0.2, 0) is 30.4 Å². The Bertz CT molecular complexity index is 897. The van der Waals surface area contributed by atoms with Crippen molar-refractivity contribution in [3.05, 3.63) is 29.8 Å². The molecule has 0 aromatic heterocycles. The zero-order valence-corrected chi connectivity index (χ0v) is 19.8. The van der Waals surface area contributed by atoms with Gasteiger partial charge in [-0.15, -0.1) is 0 Å². The van der Waals surface area contributed by atoms with Crippen LogP contribution in [0.1, 0.15) is 18.4 Å². The van der Waals surface area contributed by atoms with Crippen molar-refractivity contribution in [2.24, 2.45) is 5.73 Å². The number of hydrogen-bond donors (Lipinski definition) is 8. The molecule has 13 nitrogen and oxygen atoms in total. The number of benzene rings is 1. The summed E-state index contributed by atoms with van der Waals surface area (Å²) < 4.78 is 0. The molecule has 4 unspecified atom stereocenters. The fraction of sp³-hybridized carbons (Fsp3) is 0.476. The number of thioether (sulfide) groups is 1. The second-order valence-corrected chi connectivity index (χ2v) is 8.55. The Hall–Kier alpha value is -3.36. The van der Waals surface area contributed by atoms with Crippen LogP contribution < -0.4 is 21.7 Å². The van der Waals surface area contributed by atoms with Crippen LogP contribution in [0.5, 0.6) is 5.75 Å². The molecule has 0 aliphatic carbocycles. The number of amides is 3. The van der Waals surface area contributed by atoms with E-state index in [9.17, 15) is 34.2 Å². The lowest BCUT2D eigenvalue weighted by atomic mass is 10.0. The number of carbonyl (C=O) groups is 5. The van der Waals surface area contributed by atoms with Crippen LogP contribution in [-0.4, -0.2) is 92.9 Å². The summed E-state index contributed by atoms with van der Waals surface area (Å²) in [7, 11) is 0. The first kappa shape index (κ1) is 29.7. The van der Waals surface area contributed by atoms with E-state index in [1.165, 1.54) is 36.0 Å². The van der Waals surface area contributed by atoms with E-state index in [4.69, 9.17) is 15.9 Å². The van der Waals surface area contributed by atoms with Crippen LogP contribution in [0.25, 0.3) is 0 Å². The normalized spacial score (nSPS) is 14.1. The van der Waals surface area contributed by atoms with Crippen LogP contribution >= 0.6 is 11.8 Å². The Morgan fingerprint density at radius 1 is 0.914 bits per heavy atom. The van der Waals surface area contributed by atoms with Gasteiger partial charge >= 0.3 is 11.9 Å². The monoisotopic (exact) mass is 514 g/mol. The van der Waals surface area contributed by atoms with Gasteiger partial charge in [0.25, 0.3) is 0 Å². The van der Waals surface area contributed by atoms with Gasteiger partial charge in [-0.25, -0.2) is 4.79 Å². The van der Waals surface area contributed by atoms with Crippen molar-refractivity contribution in [3.63, 3.8) is 0 Å². The molecule has 0 saturated heterocycles. The van der Waals surface area contributed by atoms with Gasteiger partial charge in [-0.05, 0) is 36.1 Å². The molecule has 0 bridgehead atoms. The number of aliphatic hydroxyl groups excluding tert-OH is 1. The zero-order valence-electron chi connectivity index (χ0n) is 19.0. The van der Waals surface area contributed by atoms with E-state index in [0.717, 1.165) is 0 Å². The lowest BCUT2D eigenvalue weighted by molar-refractivity contribution is -0.143. The molecule has 0 aliphatic heterocycles. The molecule has 35 heavy (non-hydrogen) atoms. The average molecular weight is 515 g/mol. The lowest BCUT2D eigenvalue weighted by Crippen LogP contribution is -2.58. The van der Waals surface area contributed by atoms with Gasteiger partial charge in [0.05, 0.1) is 13.0 Å². The first-order valence-corrected chi connectivity index (χ1v) is 11.9. The molecule has 194 valence electrons. The summed E-state index contributed by atoms with van der Waals surface area (Å²) in [6, 6.07) is 0.199. The molecule has 9 N–H and O–H groups in total. The topological polar surface area (TPSA) is 228 Å². The molecule has 0 aliphatic rings. The Morgan fingerprint density at radius 2 is 1.46 bits per heavy atom. The van der Waals surface area contributed by atoms with Crippen molar-refractivity contribution in [1.29, 1.82) is 0 Å². The maximum Gasteiger partial charge on any atom is 0.326 e. The van der Waals surface area contributed by atoms with Gasteiger partial charge in [-0.3, -0.25) is 19.2 Å². The molecule has 14 heteroatoms. The van der Waals surface area contributed by atoms with Crippen LogP contribution in [0.15, 0.2) is 24.3 Å². The molecular weight excluding hydrogens is 484 g/mol. The number of aliphatic hydroxyl groups is 1. The highest BCUT2D eigenvalue weighted by Crippen LogP contribution is 2.12.